The Morgan fingerprint density at radius 3 is 2.30 bits per heavy atom. The molecule has 0 fully saturated rings. The first kappa shape index (κ1) is 16.7. The number of amides is 1. The van der Waals surface area contributed by atoms with Gasteiger partial charge in [0.25, 0.3) is 0 Å². The van der Waals surface area contributed by atoms with Gasteiger partial charge >= 0.3 is 0 Å². The van der Waals surface area contributed by atoms with Crippen molar-refractivity contribution in [3.8, 4) is 0 Å². The molecule has 0 saturated heterocycles. The molecule has 0 unspecified atom stereocenters. The molecule has 0 bridgehead atoms. The van der Waals surface area contributed by atoms with Crippen molar-refractivity contribution in [1.82, 2.24) is 0 Å². The van der Waals surface area contributed by atoms with Crippen LogP contribution in [0.5, 0.6) is 0 Å². The predicted octanol–water partition coefficient (Wildman–Crippen LogP) is 3.95. The number of hydrogen-bond acceptors (Lipinski definition) is 3. The van der Waals surface area contributed by atoms with Crippen LogP contribution < -0.4 is 10.6 Å². The minimum absolute atomic E-state index is 0.0291. The normalized spacial score (nSPS) is 10.2. The summed E-state index contributed by atoms with van der Waals surface area (Å²) < 4.78 is 0. The van der Waals surface area contributed by atoms with Gasteiger partial charge in [-0.05, 0) is 44.0 Å². The molecule has 0 radical (unpaired) electrons. The van der Waals surface area contributed by atoms with E-state index in [1.807, 2.05) is 44.2 Å². The summed E-state index contributed by atoms with van der Waals surface area (Å²) in [6.07, 6.45) is 0.359. The monoisotopic (exact) mass is 310 g/mol. The van der Waals surface area contributed by atoms with Crippen molar-refractivity contribution in [2.24, 2.45) is 0 Å². The van der Waals surface area contributed by atoms with Crippen LogP contribution in [0.15, 0.2) is 42.5 Å². The van der Waals surface area contributed by atoms with E-state index in [0.29, 0.717) is 18.5 Å². The highest BCUT2D eigenvalue weighted by Crippen LogP contribution is 2.19. The molecular weight excluding hydrogens is 288 g/mol. The van der Waals surface area contributed by atoms with E-state index in [2.05, 4.69) is 10.6 Å². The van der Waals surface area contributed by atoms with Crippen LogP contribution >= 0.6 is 0 Å². The lowest BCUT2D eigenvalue weighted by Gasteiger charge is -2.12. The van der Waals surface area contributed by atoms with E-state index < -0.39 is 0 Å². The third kappa shape index (κ3) is 4.68. The molecule has 0 aromatic heterocycles. The largest absolute Gasteiger partial charge is 0.385 e. The van der Waals surface area contributed by atoms with Gasteiger partial charge in [-0.25, -0.2) is 0 Å². The van der Waals surface area contributed by atoms with Crippen molar-refractivity contribution in [2.75, 3.05) is 17.2 Å². The maximum absolute atomic E-state index is 12.1. The number of nitrogens with one attached hydrogen (secondary N) is 2. The summed E-state index contributed by atoms with van der Waals surface area (Å²) in [6.45, 7) is 6.01. The smallest absolute Gasteiger partial charge is 0.226 e. The second-order valence-corrected chi connectivity index (χ2v) is 5.63. The summed E-state index contributed by atoms with van der Waals surface area (Å²) >= 11 is 0. The molecule has 0 atom stereocenters. The van der Waals surface area contributed by atoms with Crippen LogP contribution in [-0.4, -0.2) is 18.2 Å². The summed E-state index contributed by atoms with van der Waals surface area (Å²) in [5, 5.41) is 6.13. The van der Waals surface area contributed by atoms with Gasteiger partial charge in [0.2, 0.25) is 5.91 Å². The summed E-state index contributed by atoms with van der Waals surface area (Å²) in [5.74, 6) is -0.000886. The van der Waals surface area contributed by atoms with Crippen molar-refractivity contribution < 1.29 is 9.59 Å². The molecule has 23 heavy (non-hydrogen) atoms. The molecule has 2 rings (SSSR count). The maximum atomic E-state index is 12.1. The van der Waals surface area contributed by atoms with E-state index in [-0.39, 0.29) is 11.7 Å². The summed E-state index contributed by atoms with van der Waals surface area (Å²) in [7, 11) is 0. The maximum Gasteiger partial charge on any atom is 0.226 e. The molecule has 4 heteroatoms. The Hall–Kier alpha value is -2.62. The molecule has 0 heterocycles. The van der Waals surface area contributed by atoms with Gasteiger partial charge in [-0.15, -0.1) is 0 Å². The van der Waals surface area contributed by atoms with Gasteiger partial charge in [-0.1, -0.05) is 30.3 Å². The highest BCUT2D eigenvalue weighted by molar-refractivity contribution is 5.95. The van der Waals surface area contributed by atoms with Crippen molar-refractivity contribution in [3.05, 3.63) is 59.2 Å². The van der Waals surface area contributed by atoms with Gasteiger partial charge in [-0.3, -0.25) is 9.59 Å². The molecule has 0 saturated carbocycles. The molecule has 0 aliphatic rings. The lowest BCUT2D eigenvalue weighted by molar-refractivity contribution is -0.116. The zero-order valence-electron chi connectivity index (χ0n) is 13.8. The van der Waals surface area contributed by atoms with Crippen molar-refractivity contribution in [1.29, 1.82) is 0 Å². The van der Waals surface area contributed by atoms with Gasteiger partial charge < -0.3 is 10.6 Å². The number of hydrogen-bond donors (Lipinski definition) is 2. The summed E-state index contributed by atoms with van der Waals surface area (Å²) in [6, 6.07) is 13.2. The summed E-state index contributed by atoms with van der Waals surface area (Å²) in [5.41, 5.74) is 4.50. The Morgan fingerprint density at radius 1 is 1.00 bits per heavy atom. The van der Waals surface area contributed by atoms with Crippen molar-refractivity contribution in [3.63, 3.8) is 0 Å². The number of benzene rings is 2. The van der Waals surface area contributed by atoms with Crippen LogP contribution in [0, 0.1) is 13.8 Å². The predicted molar refractivity (Wildman–Crippen MR) is 94.1 cm³/mol. The second kappa shape index (κ2) is 7.58. The van der Waals surface area contributed by atoms with Crippen molar-refractivity contribution in [2.45, 2.75) is 27.2 Å². The van der Waals surface area contributed by atoms with Gasteiger partial charge in [0.05, 0.1) is 0 Å². The van der Waals surface area contributed by atoms with Crippen LogP contribution in [0.1, 0.15) is 34.8 Å². The number of para-hydroxylation sites is 1. The molecule has 120 valence electrons. The lowest BCUT2D eigenvalue weighted by Crippen LogP contribution is -2.17. The fourth-order valence-electron chi connectivity index (χ4n) is 2.38. The van der Waals surface area contributed by atoms with E-state index in [4.69, 9.17) is 0 Å². The van der Waals surface area contributed by atoms with E-state index in [0.717, 1.165) is 22.5 Å². The Bertz CT molecular complexity index is 703. The number of Topliss-reactive ketones (excluding diaryl/α,β-unsaturated/α-hetero) is 1. The average Bonchev–Trinajstić information content (AvgIpc) is 2.51. The van der Waals surface area contributed by atoms with Gasteiger partial charge in [-0.2, -0.15) is 0 Å². The van der Waals surface area contributed by atoms with Gasteiger partial charge in [0.1, 0.15) is 0 Å². The first-order chi connectivity index (χ1) is 11.0. The average molecular weight is 310 g/mol. The molecule has 0 aliphatic carbocycles. The van der Waals surface area contributed by atoms with Crippen molar-refractivity contribution >= 4 is 23.1 Å². The molecule has 1 amide bonds. The molecular formula is C19H22N2O2. The Balaban J connectivity index is 1.88. The fourth-order valence-corrected chi connectivity index (χ4v) is 2.38. The molecule has 0 aliphatic heterocycles. The molecule has 2 N–H and O–H groups in total. The highest BCUT2D eigenvalue weighted by Gasteiger charge is 2.07. The third-order valence-electron chi connectivity index (χ3n) is 3.70. The second-order valence-electron chi connectivity index (χ2n) is 5.63. The number of ketones is 1. The minimum Gasteiger partial charge on any atom is -0.385 e. The Labute approximate surface area is 136 Å². The van der Waals surface area contributed by atoms with Gasteiger partial charge in [0, 0.05) is 29.9 Å². The first-order valence-electron chi connectivity index (χ1n) is 7.68. The van der Waals surface area contributed by atoms with E-state index in [1.165, 1.54) is 6.92 Å². The molecule has 0 spiro atoms. The quantitative estimate of drug-likeness (QED) is 0.794. The molecule has 2 aromatic rings. The zero-order chi connectivity index (χ0) is 16.8. The fraction of sp³-hybridized carbons (Fsp3) is 0.263. The third-order valence-corrected chi connectivity index (χ3v) is 3.70. The zero-order valence-corrected chi connectivity index (χ0v) is 13.8. The SMILES string of the molecule is CC(=O)c1cccc(NCCC(=O)Nc2c(C)cccc2C)c1. The van der Waals surface area contributed by atoms with Crippen LogP contribution in [-0.2, 0) is 4.79 Å². The number of carbonyl (C=O) groups excluding carboxylic acids is 2. The van der Waals surface area contributed by atoms with E-state index in [9.17, 15) is 9.59 Å². The number of anilines is 2. The number of aryl methyl sites for hydroxylation is 2. The standard InChI is InChI=1S/C19H22N2O2/c1-13-6-4-7-14(2)19(13)21-18(23)10-11-20-17-9-5-8-16(12-17)15(3)22/h4-9,12,20H,10-11H2,1-3H3,(H,21,23). The minimum atomic E-state index is -0.0300. The van der Waals surface area contributed by atoms with E-state index in [1.54, 1.807) is 12.1 Å². The van der Waals surface area contributed by atoms with Crippen LogP contribution in [0.25, 0.3) is 0 Å². The highest BCUT2D eigenvalue weighted by atomic mass is 16.1. The number of rotatable bonds is 6. The lowest BCUT2D eigenvalue weighted by atomic mass is 10.1. The van der Waals surface area contributed by atoms with Crippen LogP contribution in [0.3, 0.4) is 0 Å². The number of carbonyl (C=O) groups is 2. The Morgan fingerprint density at radius 2 is 1.65 bits per heavy atom. The first-order valence-corrected chi connectivity index (χ1v) is 7.68. The summed E-state index contributed by atoms with van der Waals surface area (Å²) in [4.78, 5) is 23.4. The molecule has 4 nitrogen and oxygen atoms in total. The van der Waals surface area contributed by atoms with Crippen LogP contribution in [0.2, 0.25) is 0 Å². The van der Waals surface area contributed by atoms with Gasteiger partial charge in [0.15, 0.2) is 5.78 Å². The Kier molecular flexibility index (Phi) is 5.52. The van der Waals surface area contributed by atoms with E-state index >= 15 is 0 Å². The van der Waals surface area contributed by atoms with Crippen LogP contribution in [0.4, 0.5) is 11.4 Å². The topological polar surface area (TPSA) is 58.2 Å². The molecule has 2 aromatic carbocycles.